The zero-order chi connectivity index (χ0) is 17.7. The third-order valence-electron chi connectivity index (χ3n) is 4.21. The van der Waals surface area contributed by atoms with Gasteiger partial charge in [0.2, 0.25) is 5.91 Å². The number of aliphatic carboxylic acids is 1. The van der Waals surface area contributed by atoms with Crippen LogP contribution in [0, 0.1) is 10.1 Å². The number of carbonyl (C=O) groups excluding carboxylic acids is 1. The van der Waals surface area contributed by atoms with Crippen LogP contribution in [0.3, 0.4) is 0 Å². The molecule has 0 spiro atoms. The first kappa shape index (κ1) is 18.3. The van der Waals surface area contributed by atoms with Crippen LogP contribution in [0.1, 0.15) is 39.0 Å². The second kappa shape index (κ2) is 7.65. The Hall–Kier alpha value is -2.09. The standard InChI is InChI=1S/C16H20N2O5S/c1-11(24-13-7-5-12(6-8-13)18(22)23)14(19)17-16(15(20)21)9-3-2-4-10-16/h5-8,11H,2-4,9-10H2,1H3,(H,17,19)(H,20,21). The Morgan fingerprint density at radius 2 is 1.83 bits per heavy atom. The second-order valence-corrected chi connectivity index (χ2v) is 7.36. The molecular formula is C16H20N2O5S. The highest BCUT2D eigenvalue weighted by atomic mass is 32.2. The fourth-order valence-corrected chi connectivity index (χ4v) is 3.66. The number of thioether (sulfide) groups is 1. The minimum Gasteiger partial charge on any atom is -0.480 e. The van der Waals surface area contributed by atoms with Crippen LogP contribution < -0.4 is 5.32 Å². The van der Waals surface area contributed by atoms with Crippen molar-refractivity contribution in [3.05, 3.63) is 34.4 Å². The number of rotatable bonds is 6. The maximum atomic E-state index is 12.4. The molecule has 1 amide bonds. The van der Waals surface area contributed by atoms with Crippen molar-refractivity contribution in [3.8, 4) is 0 Å². The molecule has 1 aliphatic rings. The predicted molar refractivity (Wildman–Crippen MR) is 90.0 cm³/mol. The summed E-state index contributed by atoms with van der Waals surface area (Å²) in [5, 5.41) is 22.4. The summed E-state index contributed by atoms with van der Waals surface area (Å²) in [5.74, 6) is -1.31. The van der Waals surface area contributed by atoms with Gasteiger partial charge in [-0.1, -0.05) is 19.3 Å². The van der Waals surface area contributed by atoms with Crippen molar-refractivity contribution >= 4 is 29.3 Å². The topological polar surface area (TPSA) is 110 Å². The van der Waals surface area contributed by atoms with E-state index in [0.29, 0.717) is 12.8 Å². The van der Waals surface area contributed by atoms with Crippen molar-refractivity contribution in [2.75, 3.05) is 0 Å². The van der Waals surface area contributed by atoms with Gasteiger partial charge in [0.05, 0.1) is 10.2 Å². The number of hydrogen-bond acceptors (Lipinski definition) is 5. The zero-order valence-corrected chi connectivity index (χ0v) is 14.2. The van der Waals surface area contributed by atoms with Crippen LogP contribution >= 0.6 is 11.8 Å². The molecule has 1 unspecified atom stereocenters. The van der Waals surface area contributed by atoms with E-state index in [1.165, 1.54) is 23.9 Å². The summed E-state index contributed by atoms with van der Waals surface area (Å²) in [4.78, 5) is 34.9. The minimum atomic E-state index is -1.17. The fourth-order valence-electron chi connectivity index (χ4n) is 2.79. The molecule has 1 aromatic rings. The molecule has 0 bridgehead atoms. The lowest BCUT2D eigenvalue weighted by Gasteiger charge is -2.34. The molecule has 0 aromatic heterocycles. The van der Waals surface area contributed by atoms with Crippen LogP contribution in [0.15, 0.2) is 29.2 Å². The number of nitro benzene ring substituents is 1. The van der Waals surface area contributed by atoms with E-state index in [4.69, 9.17) is 0 Å². The van der Waals surface area contributed by atoms with Crippen molar-refractivity contribution in [2.24, 2.45) is 0 Å². The van der Waals surface area contributed by atoms with Gasteiger partial charge in [0.1, 0.15) is 5.54 Å². The highest BCUT2D eigenvalue weighted by Gasteiger charge is 2.41. The molecule has 24 heavy (non-hydrogen) atoms. The Balaban J connectivity index is 2.00. The normalized spacial score (nSPS) is 17.7. The summed E-state index contributed by atoms with van der Waals surface area (Å²) >= 11 is 1.24. The number of amides is 1. The lowest BCUT2D eigenvalue weighted by molar-refractivity contribution is -0.384. The largest absolute Gasteiger partial charge is 0.480 e. The SMILES string of the molecule is CC(Sc1ccc([N+](=O)[O-])cc1)C(=O)NC1(C(=O)O)CCCCC1. The molecule has 2 N–H and O–H groups in total. The first-order valence-corrected chi connectivity index (χ1v) is 8.68. The van der Waals surface area contributed by atoms with E-state index in [1.54, 1.807) is 19.1 Å². The molecule has 1 aromatic carbocycles. The molecule has 2 rings (SSSR count). The van der Waals surface area contributed by atoms with Gasteiger partial charge in [0, 0.05) is 17.0 Å². The highest BCUT2D eigenvalue weighted by molar-refractivity contribution is 8.00. The molecule has 0 heterocycles. The van der Waals surface area contributed by atoms with Gasteiger partial charge < -0.3 is 10.4 Å². The lowest BCUT2D eigenvalue weighted by atomic mass is 9.81. The van der Waals surface area contributed by atoms with Gasteiger partial charge in [-0.25, -0.2) is 4.79 Å². The molecule has 8 heteroatoms. The third kappa shape index (κ3) is 4.25. The molecule has 130 valence electrons. The summed E-state index contributed by atoms with van der Waals surface area (Å²) in [6, 6.07) is 5.93. The minimum absolute atomic E-state index is 0.0107. The van der Waals surface area contributed by atoms with Crippen LogP contribution in [0.2, 0.25) is 0 Å². The van der Waals surface area contributed by atoms with E-state index in [-0.39, 0.29) is 11.6 Å². The molecule has 0 saturated heterocycles. The number of nitrogens with one attached hydrogen (secondary N) is 1. The first-order valence-electron chi connectivity index (χ1n) is 7.80. The number of carboxylic acid groups (broad SMARTS) is 1. The van der Waals surface area contributed by atoms with Crippen LogP contribution in [0.25, 0.3) is 0 Å². The van der Waals surface area contributed by atoms with E-state index in [9.17, 15) is 24.8 Å². The van der Waals surface area contributed by atoms with E-state index in [1.807, 2.05) is 0 Å². The number of hydrogen-bond donors (Lipinski definition) is 2. The van der Waals surface area contributed by atoms with Gasteiger partial charge in [-0.15, -0.1) is 11.8 Å². The number of carbonyl (C=O) groups is 2. The number of nitrogens with zero attached hydrogens (tertiary/aromatic N) is 1. The van der Waals surface area contributed by atoms with Gasteiger partial charge in [0.25, 0.3) is 5.69 Å². The first-order chi connectivity index (χ1) is 11.3. The molecule has 1 atom stereocenters. The van der Waals surface area contributed by atoms with Crippen LogP contribution in [-0.4, -0.2) is 32.7 Å². The fraction of sp³-hybridized carbons (Fsp3) is 0.500. The van der Waals surface area contributed by atoms with Crippen LogP contribution in [0.5, 0.6) is 0 Å². The van der Waals surface area contributed by atoms with E-state index in [2.05, 4.69) is 5.32 Å². The molecule has 0 radical (unpaired) electrons. The quantitative estimate of drug-likeness (QED) is 0.463. The summed E-state index contributed by atoms with van der Waals surface area (Å²) in [6.07, 6.45) is 3.46. The van der Waals surface area contributed by atoms with Crippen LogP contribution in [0.4, 0.5) is 5.69 Å². The maximum absolute atomic E-state index is 12.4. The molecule has 7 nitrogen and oxygen atoms in total. The second-order valence-electron chi connectivity index (χ2n) is 5.95. The van der Waals surface area contributed by atoms with Gasteiger partial charge in [-0.2, -0.15) is 0 Å². The Morgan fingerprint density at radius 1 is 1.25 bits per heavy atom. The van der Waals surface area contributed by atoms with Crippen molar-refractivity contribution in [1.29, 1.82) is 0 Å². The lowest BCUT2D eigenvalue weighted by Crippen LogP contribution is -2.57. The Labute approximate surface area is 144 Å². The Kier molecular flexibility index (Phi) is 5.82. The van der Waals surface area contributed by atoms with Gasteiger partial charge in [0.15, 0.2) is 0 Å². The summed E-state index contributed by atoms with van der Waals surface area (Å²) < 4.78 is 0. The van der Waals surface area contributed by atoms with E-state index < -0.39 is 21.7 Å². The summed E-state index contributed by atoms with van der Waals surface area (Å²) in [7, 11) is 0. The smallest absolute Gasteiger partial charge is 0.329 e. The predicted octanol–water partition coefficient (Wildman–Crippen LogP) is 2.98. The summed E-state index contributed by atoms with van der Waals surface area (Å²) in [5.41, 5.74) is -1.18. The average molecular weight is 352 g/mol. The maximum Gasteiger partial charge on any atom is 0.329 e. The van der Waals surface area contributed by atoms with E-state index >= 15 is 0 Å². The third-order valence-corrected chi connectivity index (χ3v) is 5.32. The molecule has 1 saturated carbocycles. The number of carboxylic acids is 1. The average Bonchev–Trinajstić information content (AvgIpc) is 2.56. The monoisotopic (exact) mass is 352 g/mol. The van der Waals surface area contributed by atoms with Crippen molar-refractivity contribution in [1.82, 2.24) is 5.32 Å². The Morgan fingerprint density at radius 3 is 2.33 bits per heavy atom. The number of nitro groups is 1. The molecular weight excluding hydrogens is 332 g/mol. The zero-order valence-electron chi connectivity index (χ0n) is 13.4. The van der Waals surface area contributed by atoms with Gasteiger partial charge in [-0.3, -0.25) is 14.9 Å². The van der Waals surface area contributed by atoms with Crippen LogP contribution in [-0.2, 0) is 9.59 Å². The molecule has 0 aliphatic heterocycles. The number of benzene rings is 1. The van der Waals surface area contributed by atoms with Gasteiger partial charge in [-0.05, 0) is 31.9 Å². The van der Waals surface area contributed by atoms with Gasteiger partial charge >= 0.3 is 5.97 Å². The summed E-state index contributed by atoms with van der Waals surface area (Å²) in [6.45, 7) is 1.69. The van der Waals surface area contributed by atoms with E-state index in [0.717, 1.165) is 24.2 Å². The molecule has 1 fully saturated rings. The van der Waals surface area contributed by atoms with Crippen molar-refractivity contribution in [2.45, 2.75) is 54.7 Å². The highest BCUT2D eigenvalue weighted by Crippen LogP contribution is 2.30. The Bertz CT molecular complexity index is 626. The van der Waals surface area contributed by atoms with Crippen molar-refractivity contribution < 1.29 is 19.6 Å². The number of non-ortho nitro benzene ring substituents is 1. The molecule has 1 aliphatic carbocycles. The van der Waals surface area contributed by atoms with Crippen molar-refractivity contribution in [3.63, 3.8) is 0 Å².